The van der Waals surface area contributed by atoms with Crippen molar-refractivity contribution in [2.24, 2.45) is 0 Å². The predicted molar refractivity (Wildman–Crippen MR) is 160 cm³/mol. The second kappa shape index (κ2) is 13.1. The largest absolute Gasteiger partial charge is 0.486 e. The lowest BCUT2D eigenvalue weighted by Crippen LogP contribution is -2.24. The SMILES string of the molecule is CCCCCCCCc1ccc(OCC(=O)Cn2c(C(C)(C)C)c(-c3nc(C)no3)c3cc(C(=O)O)ccc32)cc1. The molecule has 0 unspecified atom stereocenters. The van der Waals surface area contributed by atoms with Crippen molar-refractivity contribution >= 4 is 22.7 Å². The lowest BCUT2D eigenvalue weighted by atomic mass is 9.88. The Bertz CT molecular complexity index is 1490. The molecule has 41 heavy (non-hydrogen) atoms. The van der Waals surface area contributed by atoms with Crippen LogP contribution in [0.25, 0.3) is 22.4 Å². The number of carbonyl (C=O) groups is 2. The molecule has 0 amide bonds. The highest BCUT2D eigenvalue weighted by atomic mass is 16.5. The lowest BCUT2D eigenvalue weighted by molar-refractivity contribution is -0.121. The van der Waals surface area contributed by atoms with Gasteiger partial charge in [-0.1, -0.05) is 77.1 Å². The molecule has 2 aromatic heterocycles. The molecule has 218 valence electrons. The molecule has 0 radical (unpaired) electrons. The number of aromatic carboxylic acids is 1. The molecule has 0 bridgehead atoms. The molecule has 2 aromatic carbocycles. The first-order chi connectivity index (χ1) is 19.6. The van der Waals surface area contributed by atoms with E-state index in [1.165, 1.54) is 44.1 Å². The second-order valence-electron chi connectivity index (χ2n) is 11.7. The molecule has 8 nitrogen and oxygen atoms in total. The van der Waals surface area contributed by atoms with E-state index in [4.69, 9.17) is 9.26 Å². The first-order valence-electron chi connectivity index (χ1n) is 14.5. The number of carboxylic acids is 1. The number of benzene rings is 2. The number of nitrogens with zero attached hydrogens (tertiary/aromatic N) is 3. The summed E-state index contributed by atoms with van der Waals surface area (Å²) in [7, 11) is 0. The fourth-order valence-corrected chi connectivity index (χ4v) is 5.29. The van der Waals surface area contributed by atoms with Gasteiger partial charge in [-0.25, -0.2) is 4.79 Å². The zero-order valence-electron chi connectivity index (χ0n) is 24.8. The smallest absolute Gasteiger partial charge is 0.335 e. The average Bonchev–Trinajstić information content (AvgIpc) is 3.50. The minimum atomic E-state index is -1.04. The molecule has 0 aliphatic carbocycles. The van der Waals surface area contributed by atoms with Crippen LogP contribution in [0.1, 0.15) is 93.7 Å². The number of rotatable bonds is 14. The van der Waals surface area contributed by atoms with Crippen LogP contribution in [0.3, 0.4) is 0 Å². The van der Waals surface area contributed by atoms with Crippen molar-refractivity contribution in [3.63, 3.8) is 0 Å². The van der Waals surface area contributed by atoms with Crippen molar-refractivity contribution in [1.82, 2.24) is 14.7 Å². The summed E-state index contributed by atoms with van der Waals surface area (Å²) in [5, 5.41) is 14.2. The summed E-state index contributed by atoms with van der Waals surface area (Å²) in [6.45, 7) is 10.0. The van der Waals surface area contributed by atoms with Crippen LogP contribution in [-0.4, -0.2) is 38.2 Å². The Morgan fingerprint density at radius 1 is 1.00 bits per heavy atom. The molecular formula is C33H41N3O5. The molecule has 0 saturated heterocycles. The van der Waals surface area contributed by atoms with E-state index in [2.05, 4.69) is 29.2 Å². The number of carbonyl (C=O) groups excluding carboxylic acids is 1. The monoisotopic (exact) mass is 559 g/mol. The van der Waals surface area contributed by atoms with E-state index in [0.717, 1.165) is 17.6 Å². The molecule has 4 rings (SSSR count). The van der Waals surface area contributed by atoms with Crippen molar-refractivity contribution in [3.8, 4) is 17.2 Å². The summed E-state index contributed by atoms with van der Waals surface area (Å²) in [5.74, 6) is 0.277. The normalized spacial score (nSPS) is 11.7. The maximum atomic E-state index is 13.3. The number of carboxylic acid groups (broad SMARTS) is 1. The number of ether oxygens (including phenoxy) is 1. The van der Waals surface area contributed by atoms with E-state index in [0.29, 0.717) is 28.4 Å². The first kappa shape index (κ1) is 30.0. The highest BCUT2D eigenvalue weighted by molar-refractivity contribution is 6.02. The number of fused-ring (bicyclic) bond motifs is 1. The third kappa shape index (κ3) is 7.43. The van der Waals surface area contributed by atoms with Crippen LogP contribution in [0.4, 0.5) is 0 Å². The molecule has 0 saturated carbocycles. The highest BCUT2D eigenvalue weighted by Gasteiger charge is 2.31. The molecular weight excluding hydrogens is 518 g/mol. The maximum Gasteiger partial charge on any atom is 0.335 e. The van der Waals surface area contributed by atoms with Crippen molar-refractivity contribution in [2.75, 3.05) is 6.61 Å². The zero-order chi connectivity index (χ0) is 29.6. The first-order valence-corrected chi connectivity index (χ1v) is 14.5. The van der Waals surface area contributed by atoms with Crippen molar-refractivity contribution in [1.29, 1.82) is 0 Å². The number of aryl methyl sites for hydroxylation is 2. The summed E-state index contributed by atoms with van der Waals surface area (Å²) in [6, 6.07) is 12.9. The summed E-state index contributed by atoms with van der Waals surface area (Å²) in [6.07, 6.45) is 8.67. The van der Waals surface area contributed by atoms with E-state index in [1.54, 1.807) is 25.1 Å². The van der Waals surface area contributed by atoms with Gasteiger partial charge in [-0.05, 0) is 55.7 Å². The molecule has 1 N–H and O–H groups in total. The van der Waals surface area contributed by atoms with Crippen LogP contribution in [0.15, 0.2) is 47.0 Å². The summed E-state index contributed by atoms with van der Waals surface area (Å²) >= 11 is 0. The second-order valence-corrected chi connectivity index (χ2v) is 11.7. The molecule has 0 spiro atoms. The Labute approximate surface area is 241 Å². The molecule has 0 fully saturated rings. The zero-order valence-corrected chi connectivity index (χ0v) is 24.8. The van der Waals surface area contributed by atoms with Gasteiger partial charge < -0.3 is 18.9 Å². The Kier molecular flexibility index (Phi) is 9.63. The lowest BCUT2D eigenvalue weighted by Gasteiger charge is -2.23. The molecule has 2 heterocycles. The fraction of sp³-hybridized carbons (Fsp3) is 0.455. The Hall–Kier alpha value is -3.94. The van der Waals surface area contributed by atoms with Gasteiger partial charge in [-0.3, -0.25) is 4.79 Å². The van der Waals surface area contributed by atoms with E-state index >= 15 is 0 Å². The van der Waals surface area contributed by atoms with Gasteiger partial charge in [0, 0.05) is 22.0 Å². The number of aromatic nitrogens is 3. The average molecular weight is 560 g/mol. The number of ketones is 1. The minimum absolute atomic E-state index is 0.0543. The van der Waals surface area contributed by atoms with Gasteiger partial charge in [-0.2, -0.15) is 4.98 Å². The number of Topliss-reactive ketones (excluding diaryl/α,β-unsaturated/α-hetero) is 1. The van der Waals surface area contributed by atoms with Crippen LogP contribution >= 0.6 is 0 Å². The van der Waals surface area contributed by atoms with Crippen molar-refractivity contribution in [3.05, 3.63) is 65.1 Å². The summed E-state index contributed by atoms with van der Waals surface area (Å²) < 4.78 is 13.3. The summed E-state index contributed by atoms with van der Waals surface area (Å²) in [4.78, 5) is 29.5. The third-order valence-electron chi connectivity index (χ3n) is 7.24. The van der Waals surface area contributed by atoms with Crippen LogP contribution in [0, 0.1) is 6.92 Å². The van der Waals surface area contributed by atoms with Gasteiger partial charge >= 0.3 is 5.97 Å². The van der Waals surface area contributed by atoms with Crippen molar-refractivity contribution < 1.29 is 24.0 Å². The van der Waals surface area contributed by atoms with E-state index in [9.17, 15) is 14.7 Å². The van der Waals surface area contributed by atoms with Gasteiger partial charge in [0.15, 0.2) is 11.6 Å². The van der Waals surface area contributed by atoms with Crippen LogP contribution in [0.5, 0.6) is 5.75 Å². The van der Waals surface area contributed by atoms with Crippen LogP contribution in [0.2, 0.25) is 0 Å². The third-order valence-corrected chi connectivity index (χ3v) is 7.24. The van der Waals surface area contributed by atoms with Gasteiger partial charge in [0.2, 0.25) is 0 Å². The standard InChI is InChI=1S/C33H41N3O5/c1-6-7-8-9-10-11-12-23-13-16-26(17-14-23)40-21-25(37)20-36-28-18-15-24(32(38)39)19-27(28)29(30(36)33(3,4)5)31-34-22(2)35-41-31/h13-19H,6-12,20-21H2,1-5H3,(H,38,39). The molecule has 0 atom stereocenters. The van der Waals surface area contributed by atoms with E-state index in [-0.39, 0.29) is 24.5 Å². The Balaban J connectivity index is 1.52. The highest BCUT2D eigenvalue weighted by Crippen LogP contribution is 2.41. The van der Waals surface area contributed by atoms with Gasteiger partial charge in [0.25, 0.3) is 5.89 Å². The Morgan fingerprint density at radius 2 is 1.71 bits per heavy atom. The number of unbranched alkanes of at least 4 members (excludes halogenated alkanes) is 5. The van der Waals surface area contributed by atoms with E-state index in [1.807, 2.05) is 37.5 Å². The molecule has 4 aromatic rings. The van der Waals surface area contributed by atoms with Crippen LogP contribution in [-0.2, 0) is 23.2 Å². The quantitative estimate of drug-likeness (QED) is 0.159. The predicted octanol–water partition coefficient (Wildman–Crippen LogP) is 7.55. The van der Waals surface area contributed by atoms with Crippen molar-refractivity contribution in [2.45, 2.75) is 91.5 Å². The number of hydrogen-bond acceptors (Lipinski definition) is 6. The van der Waals surface area contributed by atoms with Gasteiger partial charge in [-0.15, -0.1) is 0 Å². The number of hydrogen-bond donors (Lipinski definition) is 1. The molecule has 0 aliphatic rings. The minimum Gasteiger partial charge on any atom is -0.486 e. The fourth-order valence-electron chi connectivity index (χ4n) is 5.29. The maximum absolute atomic E-state index is 13.3. The van der Waals surface area contributed by atoms with Crippen LogP contribution < -0.4 is 4.74 Å². The van der Waals surface area contributed by atoms with Gasteiger partial charge in [0.1, 0.15) is 12.4 Å². The van der Waals surface area contributed by atoms with E-state index < -0.39 is 11.4 Å². The Morgan fingerprint density at radius 3 is 2.34 bits per heavy atom. The molecule has 0 aliphatic heterocycles. The molecule has 8 heteroatoms. The van der Waals surface area contributed by atoms with Gasteiger partial charge in [0.05, 0.1) is 17.7 Å². The summed E-state index contributed by atoms with van der Waals surface area (Å²) in [5.41, 5.74) is 3.17. The topological polar surface area (TPSA) is 107 Å².